The van der Waals surface area contributed by atoms with Gasteiger partial charge in [-0.15, -0.1) is 0 Å². The van der Waals surface area contributed by atoms with Crippen molar-refractivity contribution in [3.63, 3.8) is 0 Å². The van der Waals surface area contributed by atoms with Gasteiger partial charge in [0.15, 0.2) is 0 Å². The molecule has 0 radical (unpaired) electrons. The number of aliphatic hydroxyl groups is 1. The van der Waals surface area contributed by atoms with Gasteiger partial charge in [0.2, 0.25) is 0 Å². The highest BCUT2D eigenvalue weighted by molar-refractivity contribution is 6.30. The van der Waals surface area contributed by atoms with Crippen molar-refractivity contribution in [3.8, 4) is 0 Å². The Bertz CT molecular complexity index is 423. The van der Waals surface area contributed by atoms with Gasteiger partial charge in [-0.2, -0.15) is 0 Å². The fourth-order valence-electron chi connectivity index (χ4n) is 1.01. The predicted molar refractivity (Wildman–Crippen MR) is 52.6 cm³/mol. The molecule has 6 heteroatoms. The van der Waals surface area contributed by atoms with Gasteiger partial charge in [0, 0.05) is 19.3 Å². The van der Waals surface area contributed by atoms with E-state index >= 15 is 0 Å². The van der Waals surface area contributed by atoms with Crippen LogP contribution in [0.15, 0.2) is 15.8 Å². The highest BCUT2D eigenvalue weighted by Crippen LogP contribution is 2.00. The molecule has 78 valence electrons. The summed E-state index contributed by atoms with van der Waals surface area (Å²) >= 11 is 5.55. The second-order valence-corrected chi connectivity index (χ2v) is 3.58. The van der Waals surface area contributed by atoms with Crippen molar-refractivity contribution in [2.45, 2.75) is 13.5 Å². The van der Waals surface area contributed by atoms with Crippen molar-refractivity contribution in [2.24, 2.45) is 5.92 Å². The summed E-state index contributed by atoms with van der Waals surface area (Å²) in [6.45, 7) is 2.08. The molecular weight excluding hydrogens is 208 g/mol. The molecule has 14 heavy (non-hydrogen) atoms. The van der Waals surface area contributed by atoms with E-state index in [2.05, 4.69) is 4.98 Å². The van der Waals surface area contributed by atoms with Gasteiger partial charge in [0.25, 0.3) is 5.56 Å². The van der Waals surface area contributed by atoms with E-state index < -0.39 is 11.2 Å². The Labute approximate surface area is 85.0 Å². The van der Waals surface area contributed by atoms with Gasteiger partial charge in [0.05, 0.1) is 0 Å². The van der Waals surface area contributed by atoms with Crippen molar-refractivity contribution < 1.29 is 5.11 Å². The lowest BCUT2D eigenvalue weighted by Gasteiger charge is -2.09. The van der Waals surface area contributed by atoms with Gasteiger partial charge in [0.1, 0.15) is 5.02 Å². The number of aromatic amines is 1. The number of aromatic nitrogens is 2. The predicted octanol–water partition coefficient (Wildman–Crippen LogP) is -0.182. The van der Waals surface area contributed by atoms with Crippen LogP contribution in [0.4, 0.5) is 0 Å². The fraction of sp³-hybridized carbons (Fsp3) is 0.500. The van der Waals surface area contributed by atoms with Gasteiger partial charge in [-0.25, -0.2) is 4.79 Å². The first-order chi connectivity index (χ1) is 6.54. The minimum atomic E-state index is -0.593. The van der Waals surface area contributed by atoms with Crippen molar-refractivity contribution >= 4 is 11.6 Å². The number of rotatable bonds is 3. The SMILES string of the molecule is CC(CO)Cn1cc(Cl)c(=O)[nH]c1=O. The van der Waals surface area contributed by atoms with Crippen molar-refractivity contribution in [1.82, 2.24) is 9.55 Å². The Morgan fingerprint density at radius 3 is 2.86 bits per heavy atom. The molecule has 0 aliphatic heterocycles. The van der Waals surface area contributed by atoms with Crippen LogP contribution in [0.2, 0.25) is 5.02 Å². The van der Waals surface area contributed by atoms with Gasteiger partial charge in [-0.05, 0) is 5.92 Å². The molecule has 1 unspecified atom stereocenters. The van der Waals surface area contributed by atoms with E-state index in [0.717, 1.165) is 0 Å². The van der Waals surface area contributed by atoms with Crippen LogP contribution in [0.25, 0.3) is 0 Å². The highest BCUT2D eigenvalue weighted by Gasteiger charge is 2.05. The molecule has 0 saturated carbocycles. The third-order valence-corrected chi connectivity index (χ3v) is 2.06. The summed E-state index contributed by atoms with van der Waals surface area (Å²) in [5.74, 6) is -0.0605. The number of halogens is 1. The number of nitrogens with zero attached hydrogens (tertiary/aromatic N) is 1. The summed E-state index contributed by atoms with van der Waals surface area (Å²) in [5, 5.41) is 8.76. The maximum absolute atomic E-state index is 11.2. The Kier molecular flexibility index (Phi) is 3.49. The van der Waals surface area contributed by atoms with Gasteiger partial charge in [-0.3, -0.25) is 14.3 Å². The van der Waals surface area contributed by atoms with E-state index in [9.17, 15) is 9.59 Å². The normalized spacial score (nSPS) is 12.8. The number of H-pyrrole nitrogens is 1. The van der Waals surface area contributed by atoms with Crippen LogP contribution >= 0.6 is 11.6 Å². The Hall–Kier alpha value is -1.07. The van der Waals surface area contributed by atoms with Gasteiger partial charge >= 0.3 is 5.69 Å². The third kappa shape index (κ3) is 2.46. The molecule has 1 heterocycles. The number of nitrogens with one attached hydrogen (secondary N) is 1. The molecule has 0 aliphatic carbocycles. The molecule has 1 rings (SSSR count). The minimum Gasteiger partial charge on any atom is -0.396 e. The van der Waals surface area contributed by atoms with Crippen LogP contribution in [0, 0.1) is 5.92 Å². The largest absolute Gasteiger partial charge is 0.396 e. The van der Waals surface area contributed by atoms with E-state index in [4.69, 9.17) is 16.7 Å². The quantitative estimate of drug-likeness (QED) is 0.739. The summed E-state index contributed by atoms with van der Waals surface area (Å²) < 4.78 is 1.27. The second kappa shape index (κ2) is 4.43. The maximum atomic E-state index is 11.2. The van der Waals surface area contributed by atoms with E-state index in [1.165, 1.54) is 10.8 Å². The van der Waals surface area contributed by atoms with E-state index in [0.29, 0.717) is 6.54 Å². The van der Waals surface area contributed by atoms with Crippen LogP contribution in [0.5, 0.6) is 0 Å². The van der Waals surface area contributed by atoms with Crippen LogP contribution in [-0.4, -0.2) is 21.3 Å². The topological polar surface area (TPSA) is 75.1 Å². The average molecular weight is 219 g/mol. The first-order valence-electron chi connectivity index (χ1n) is 4.14. The molecular formula is C8H11ClN2O3. The fourth-order valence-corrected chi connectivity index (χ4v) is 1.18. The molecule has 1 atom stereocenters. The monoisotopic (exact) mass is 218 g/mol. The summed E-state index contributed by atoms with van der Waals surface area (Å²) in [6.07, 6.45) is 1.27. The van der Waals surface area contributed by atoms with Gasteiger partial charge in [-0.1, -0.05) is 18.5 Å². The molecule has 1 aromatic heterocycles. The highest BCUT2D eigenvalue weighted by atomic mass is 35.5. The van der Waals surface area contributed by atoms with E-state index in [1.807, 2.05) is 0 Å². The molecule has 0 spiro atoms. The third-order valence-electron chi connectivity index (χ3n) is 1.79. The van der Waals surface area contributed by atoms with E-state index in [-0.39, 0.29) is 17.5 Å². The van der Waals surface area contributed by atoms with Crippen molar-refractivity contribution in [1.29, 1.82) is 0 Å². The molecule has 2 N–H and O–H groups in total. The lowest BCUT2D eigenvalue weighted by molar-refractivity contribution is 0.221. The molecule has 0 aliphatic rings. The van der Waals surface area contributed by atoms with Crippen LogP contribution in [0.1, 0.15) is 6.92 Å². The zero-order valence-corrected chi connectivity index (χ0v) is 8.41. The van der Waals surface area contributed by atoms with Crippen molar-refractivity contribution in [2.75, 3.05) is 6.61 Å². The lowest BCUT2D eigenvalue weighted by Crippen LogP contribution is -2.31. The molecule has 0 fully saturated rings. The molecule has 0 amide bonds. The van der Waals surface area contributed by atoms with Crippen LogP contribution in [0.3, 0.4) is 0 Å². The summed E-state index contributed by atoms with van der Waals surface area (Å²) in [7, 11) is 0. The number of hydrogen-bond donors (Lipinski definition) is 2. The number of hydrogen-bond acceptors (Lipinski definition) is 3. The lowest BCUT2D eigenvalue weighted by atomic mass is 10.2. The molecule has 0 bridgehead atoms. The minimum absolute atomic E-state index is 0.0246. The van der Waals surface area contributed by atoms with Gasteiger partial charge < -0.3 is 5.11 Å². The average Bonchev–Trinajstić information content (AvgIpc) is 2.14. The Balaban J connectivity index is 3.04. The summed E-state index contributed by atoms with van der Waals surface area (Å²) in [6, 6.07) is 0. The second-order valence-electron chi connectivity index (χ2n) is 3.18. The number of aliphatic hydroxyl groups excluding tert-OH is 1. The molecule has 0 saturated heterocycles. The standard InChI is InChI=1S/C8H11ClN2O3/c1-5(4-12)2-11-3-6(9)7(13)10-8(11)14/h3,5,12H,2,4H2,1H3,(H,10,13,14). The molecule has 1 aromatic rings. The summed E-state index contributed by atoms with van der Waals surface area (Å²) in [4.78, 5) is 24.2. The zero-order chi connectivity index (χ0) is 10.7. The Morgan fingerprint density at radius 1 is 1.64 bits per heavy atom. The van der Waals surface area contributed by atoms with Crippen molar-refractivity contribution in [3.05, 3.63) is 32.1 Å². The summed E-state index contributed by atoms with van der Waals surface area (Å²) in [5.41, 5.74) is -1.11. The smallest absolute Gasteiger partial charge is 0.328 e. The van der Waals surface area contributed by atoms with Crippen LogP contribution < -0.4 is 11.2 Å². The first kappa shape index (κ1) is 11.0. The Morgan fingerprint density at radius 2 is 2.29 bits per heavy atom. The maximum Gasteiger partial charge on any atom is 0.328 e. The zero-order valence-electron chi connectivity index (χ0n) is 7.66. The van der Waals surface area contributed by atoms with Crippen LogP contribution in [-0.2, 0) is 6.54 Å². The van der Waals surface area contributed by atoms with E-state index in [1.54, 1.807) is 6.92 Å². The first-order valence-corrected chi connectivity index (χ1v) is 4.52. The molecule has 0 aromatic carbocycles. The molecule has 5 nitrogen and oxygen atoms in total.